The number of hydrogen-bond donors (Lipinski definition) is 1. The van der Waals surface area contributed by atoms with E-state index in [4.69, 9.17) is 14.9 Å². The molecule has 1 aliphatic heterocycles. The number of nitrogens with zero attached hydrogens (tertiary/aromatic N) is 3. The van der Waals surface area contributed by atoms with Gasteiger partial charge in [0, 0.05) is 18.0 Å². The SMILES string of the molecule is COc1ccc([C@@H]2c3c(ncn(CCCN(C)C)c3=N)Oc3ccc4ccccc4c32)cc1. The second kappa shape index (κ2) is 8.71. The van der Waals surface area contributed by atoms with Crippen LogP contribution in [0.25, 0.3) is 10.8 Å². The van der Waals surface area contributed by atoms with Gasteiger partial charge in [0.15, 0.2) is 0 Å². The lowest BCUT2D eigenvalue weighted by molar-refractivity contribution is 0.379. The average molecular weight is 441 g/mol. The molecule has 4 aromatic rings. The number of ether oxygens (including phenoxy) is 2. The molecule has 33 heavy (non-hydrogen) atoms. The molecule has 0 amide bonds. The highest BCUT2D eigenvalue weighted by Gasteiger charge is 2.33. The van der Waals surface area contributed by atoms with Crippen LogP contribution in [-0.2, 0) is 6.54 Å². The molecule has 1 atom stereocenters. The summed E-state index contributed by atoms with van der Waals surface area (Å²) in [5.74, 6) is 1.94. The molecule has 0 saturated heterocycles. The Morgan fingerprint density at radius 2 is 1.82 bits per heavy atom. The molecule has 0 saturated carbocycles. The number of nitrogens with one attached hydrogen (secondary N) is 1. The van der Waals surface area contributed by atoms with Crippen molar-refractivity contribution in [1.29, 1.82) is 5.41 Å². The second-order valence-corrected chi connectivity index (χ2v) is 8.67. The average Bonchev–Trinajstić information content (AvgIpc) is 2.84. The van der Waals surface area contributed by atoms with Gasteiger partial charge in [0.1, 0.15) is 23.3 Å². The summed E-state index contributed by atoms with van der Waals surface area (Å²) in [7, 11) is 5.80. The van der Waals surface area contributed by atoms with Crippen molar-refractivity contribution in [2.75, 3.05) is 27.7 Å². The largest absolute Gasteiger partial charge is 0.497 e. The zero-order valence-electron chi connectivity index (χ0n) is 19.2. The molecule has 0 fully saturated rings. The van der Waals surface area contributed by atoms with Gasteiger partial charge in [-0.3, -0.25) is 5.41 Å². The molecular formula is C27H28N4O2. The summed E-state index contributed by atoms with van der Waals surface area (Å²) in [6, 6.07) is 20.5. The Morgan fingerprint density at radius 3 is 2.58 bits per heavy atom. The molecule has 168 valence electrons. The van der Waals surface area contributed by atoms with Gasteiger partial charge >= 0.3 is 0 Å². The highest BCUT2D eigenvalue weighted by atomic mass is 16.5. The van der Waals surface area contributed by atoms with Crippen molar-refractivity contribution in [3.05, 3.63) is 89.2 Å². The molecule has 2 heterocycles. The molecule has 0 bridgehead atoms. The van der Waals surface area contributed by atoms with Crippen molar-refractivity contribution >= 4 is 10.8 Å². The third-order valence-corrected chi connectivity index (χ3v) is 6.26. The van der Waals surface area contributed by atoms with E-state index in [0.717, 1.165) is 58.5 Å². The van der Waals surface area contributed by atoms with Crippen molar-refractivity contribution in [2.45, 2.75) is 18.9 Å². The third-order valence-electron chi connectivity index (χ3n) is 6.26. The van der Waals surface area contributed by atoms with E-state index in [1.165, 1.54) is 0 Å². The summed E-state index contributed by atoms with van der Waals surface area (Å²) in [4.78, 5) is 6.80. The fraction of sp³-hybridized carbons (Fsp3) is 0.259. The van der Waals surface area contributed by atoms with E-state index in [-0.39, 0.29) is 5.92 Å². The van der Waals surface area contributed by atoms with E-state index in [1.807, 2.05) is 28.8 Å². The number of rotatable bonds is 6. The number of aromatic nitrogens is 2. The highest BCUT2D eigenvalue weighted by molar-refractivity contribution is 5.90. The number of methoxy groups -OCH3 is 1. The minimum Gasteiger partial charge on any atom is -0.497 e. The Hall–Kier alpha value is -3.64. The predicted octanol–water partition coefficient (Wildman–Crippen LogP) is 4.76. The van der Waals surface area contributed by atoms with Gasteiger partial charge in [-0.1, -0.05) is 42.5 Å². The van der Waals surface area contributed by atoms with Crippen molar-refractivity contribution in [2.24, 2.45) is 0 Å². The Bertz CT molecular complexity index is 1360. The van der Waals surface area contributed by atoms with Gasteiger partial charge < -0.3 is 18.9 Å². The van der Waals surface area contributed by atoms with Gasteiger partial charge in [0.25, 0.3) is 0 Å². The first-order valence-electron chi connectivity index (χ1n) is 11.2. The van der Waals surface area contributed by atoms with Gasteiger partial charge in [0.2, 0.25) is 5.88 Å². The fourth-order valence-electron chi connectivity index (χ4n) is 4.61. The molecular weight excluding hydrogens is 412 g/mol. The summed E-state index contributed by atoms with van der Waals surface area (Å²) in [5.41, 5.74) is 3.40. The molecule has 3 aromatic carbocycles. The minimum atomic E-state index is -0.165. The van der Waals surface area contributed by atoms with Crippen LogP contribution in [-0.4, -0.2) is 42.2 Å². The van der Waals surface area contributed by atoms with Crippen LogP contribution in [0.4, 0.5) is 0 Å². The first-order valence-corrected chi connectivity index (χ1v) is 11.2. The van der Waals surface area contributed by atoms with Crippen LogP contribution in [0.5, 0.6) is 17.4 Å². The zero-order valence-corrected chi connectivity index (χ0v) is 19.2. The Balaban J connectivity index is 1.71. The van der Waals surface area contributed by atoms with Crippen LogP contribution in [0.2, 0.25) is 0 Å². The number of hydrogen-bond acceptors (Lipinski definition) is 5. The summed E-state index contributed by atoms with van der Waals surface area (Å²) >= 11 is 0. The first kappa shape index (κ1) is 21.2. The Labute approximate surface area is 193 Å². The van der Waals surface area contributed by atoms with Crippen LogP contribution in [0.15, 0.2) is 67.0 Å². The number of fused-ring (bicyclic) bond motifs is 4. The topological polar surface area (TPSA) is 63.4 Å². The van der Waals surface area contributed by atoms with E-state index in [2.05, 4.69) is 60.4 Å². The van der Waals surface area contributed by atoms with Crippen molar-refractivity contribution in [3.63, 3.8) is 0 Å². The maximum atomic E-state index is 9.12. The zero-order chi connectivity index (χ0) is 22.9. The summed E-state index contributed by atoms with van der Waals surface area (Å²) in [6.45, 7) is 1.68. The van der Waals surface area contributed by atoms with E-state index in [0.29, 0.717) is 11.4 Å². The van der Waals surface area contributed by atoms with Crippen LogP contribution >= 0.6 is 0 Å². The van der Waals surface area contributed by atoms with E-state index in [9.17, 15) is 0 Å². The molecule has 6 nitrogen and oxygen atoms in total. The third kappa shape index (κ3) is 3.87. The molecule has 6 heteroatoms. The van der Waals surface area contributed by atoms with Crippen molar-refractivity contribution < 1.29 is 9.47 Å². The fourth-order valence-corrected chi connectivity index (χ4v) is 4.61. The van der Waals surface area contributed by atoms with Crippen molar-refractivity contribution in [1.82, 2.24) is 14.5 Å². The van der Waals surface area contributed by atoms with Crippen LogP contribution in [0, 0.1) is 5.41 Å². The van der Waals surface area contributed by atoms with Gasteiger partial charge in [-0.15, -0.1) is 0 Å². The van der Waals surface area contributed by atoms with Gasteiger partial charge in [-0.25, -0.2) is 4.98 Å². The molecule has 0 unspecified atom stereocenters. The van der Waals surface area contributed by atoms with Gasteiger partial charge in [-0.05, 0) is 61.6 Å². The van der Waals surface area contributed by atoms with Crippen molar-refractivity contribution in [3.8, 4) is 17.4 Å². The minimum absolute atomic E-state index is 0.165. The normalized spacial score (nSPS) is 14.6. The lowest BCUT2D eigenvalue weighted by Crippen LogP contribution is -2.30. The smallest absolute Gasteiger partial charge is 0.228 e. The van der Waals surface area contributed by atoms with Gasteiger partial charge in [-0.2, -0.15) is 0 Å². The number of benzene rings is 3. The lowest BCUT2D eigenvalue weighted by atomic mass is 9.81. The lowest BCUT2D eigenvalue weighted by Gasteiger charge is -2.30. The highest BCUT2D eigenvalue weighted by Crippen LogP contribution is 2.48. The van der Waals surface area contributed by atoms with E-state index < -0.39 is 0 Å². The quantitative estimate of drug-likeness (QED) is 0.413. The maximum Gasteiger partial charge on any atom is 0.228 e. The van der Waals surface area contributed by atoms with Gasteiger partial charge in [0.05, 0.1) is 12.7 Å². The van der Waals surface area contributed by atoms with Crippen LogP contribution < -0.4 is 15.0 Å². The van der Waals surface area contributed by atoms with E-state index >= 15 is 0 Å². The standard InChI is InChI=1S/C27H28N4O2/c1-30(2)15-6-16-31-17-29-27-25(26(31)28)23(19-9-12-20(32-3)13-10-19)24-21-8-5-4-7-18(21)11-14-22(24)33-27/h4-5,7-14,17,23,28H,6,15-16H2,1-3H3/t23-/m0/s1. The Kier molecular flexibility index (Phi) is 5.60. The monoisotopic (exact) mass is 440 g/mol. The summed E-state index contributed by atoms with van der Waals surface area (Å²) in [6.07, 6.45) is 2.67. The van der Waals surface area contributed by atoms with E-state index in [1.54, 1.807) is 13.4 Å². The Morgan fingerprint density at radius 1 is 1.03 bits per heavy atom. The molecule has 1 aliphatic rings. The molecule has 0 radical (unpaired) electrons. The maximum absolute atomic E-state index is 9.12. The molecule has 0 aliphatic carbocycles. The molecule has 1 N–H and O–H groups in total. The second-order valence-electron chi connectivity index (χ2n) is 8.67. The molecule has 0 spiro atoms. The molecule has 1 aromatic heterocycles. The number of aryl methyl sites for hydroxylation is 1. The summed E-state index contributed by atoms with van der Waals surface area (Å²) in [5, 5.41) is 11.4. The van der Waals surface area contributed by atoms with Crippen LogP contribution in [0.1, 0.15) is 29.0 Å². The molecule has 5 rings (SSSR count). The van der Waals surface area contributed by atoms with Crippen LogP contribution in [0.3, 0.4) is 0 Å². The predicted molar refractivity (Wildman–Crippen MR) is 129 cm³/mol. The summed E-state index contributed by atoms with van der Waals surface area (Å²) < 4.78 is 13.6. The first-order chi connectivity index (χ1) is 16.1.